The van der Waals surface area contributed by atoms with E-state index in [-0.39, 0.29) is 40.1 Å². The first-order valence-electron chi connectivity index (χ1n) is 7.45. The van der Waals surface area contributed by atoms with Gasteiger partial charge in [-0.1, -0.05) is 11.6 Å². The van der Waals surface area contributed by atoms with E-state index in [0.29, 0.717) is 0 Å². The van der Waals surface area contributed by atoms with Crippen molar-refractivity contribution in [2.75, 3.05) is 18.6 Å². The maximum absolute atomic E-state index is 12.5. The molecule has 0 saturated carbocycles. The fraction of sp³-hybridized carbons (Fsp3) is 0.438. The number of nitrogens with zero attached hydrogens (tertiary/aromatic N) is 1. The third-order valence-corrected chi connectivity index (χ3v) is 4.46. The number of carboxylic acid groups (broad SMARTS) is 1. The number of hydrogen-bond acceptors (Lipinski definition) is 5. The van der Waals surface area contributed by atoms with E-state index in [1.807, 2.05) is 0 Å². The third-order valence-electron chi connectivity index (χ3n) is 3.12. The molecule has 7 nitrogen and oxygen atoms in total. The summed E-state index contributed by atoms with van der Waals surface area (Å²) < 4.78 is 10.0. The second kappa shape index (κ2) is 9.62. The highest BCUT2D eigenvalue weighted by molar-refractivity contribution is 9.10. The fourth-order valence-electron chi connectivity index (χ4n) is 2.02. The maximum Gasteiger partial charge on any atom is 0.414 e. The maximum atomic E-state index is 12.5. The highest BCUT2D eigenvalue weighted by Crippen LogP contribution is 2.37. The van der Waals surface area contributed by atoms with Crippen molar-refractivity contribution < 1.29 is 29.0 Å². The van der Waals surface area contributed by atoms with Gasteiger partial charge in [0.05, 0.1) is 34.0 Å². The predicted octanol–water partition coefficient (Wildman–Crippen LogP) is 4.11. The first kappa shape index (κ1) is 21.2. The molecular formula is C16H19BrClNO6. The minimum Gasteiger partial charge on any atom is -0.478 e. The average Bonchev–Trinajstić information content (AvgIpc) is 2.53. The smallest absolute Gasteiger partial charge is 0.414 e. The summed E-state index contributed by atoms with van der Waals surface area (Å²) in [6, 6.07) is 2.72. The van der Waals surface area contributed by atoms with E-state index in [1.54, 1.807) is 13.8 Å². The van der Waals surface area contributed by atoms with E-state index in [1.165, 1.54) is 19.2 Å². The van der Waals surface area contributed by atoms with Crippen LogP contribution < -0.4 is 4.90 Å². The van der Waals surface area contributed by atoms with Crippen molar-refractivity contribution in [3.8, 4) is 0 Å². The summed E-state index contributed by atoms with van der Waals surface area (Å²) in [4.78, 5) is 36.5. The van der Waals surface area contributed by atoms with E-state index >= 15 is 0 Å². The number of rotatable bonds is 7. The van der Waals surface area contributed by atoms with Crippen molar-refractivity contribution in [3.63, 3.8) is 0 Å². The van der Waals surface area contributed by atoms with Crippen LogP contribution in [0.4, 0.5) is 10.5 Å². The first-order chi connectivity index (χ1) is 11.7. The van der Waals surface area contributed by atoms with Crippen molar-refractivity contribution in [3.05, 3.63) is 27.2 Å². The molecule has 0 aliphatic heterocycles. The third kappa shape index (κ3) is 5.89. The van der Waals surface area contributed by atoms with Gasteiger partial charge in [-0.15, -0.1) is 0 Å². The average molecular weight is 437 g/mol. The van der Waals surface area contributed by atoms with Crippen molar-refractivity contribution >= 4 is 51.3 Å². The normalized spacial score (nSPS) is 10.5. The molecule has 0 spiro atoms. The number of anilines is 1. The number of aromatic carboxylic acids is 1. The van der Waals surface area contributed by atoms with Gasteiger partial charge in [0.1, 0.15) is 0 Å². The number of esters is 1. The Hall–Kier alpha value is -1.80. The van der Waals surface area contributed by atoms with Crippen LogP contribution in [-0.2, 0) is 14.3 Å². The molecule has 0 aliphatic rings. The summed E-state index contributed by atoms with van der Waals surface area (Å²) in [6.07, 6.45) is -0.798. The zero-order valence-corrected chi connectivity index (χ0v) is 16.4. The van der Waals surface area contributed by atoms with Crippen LogP contribution >= 0.6 is 27.5 Å². The molecule has 0 radical (unpaired) electrons. The minimum absolute atomic E-state index is 0.0554. The topological polar surface area (TPSA) is 93.1 Å². The van der Waals surface area contributed by atoms with Crippen LogP contribution in [0.15, 0.2) is 16.6 Å². The Bertz CT molecular complexity index is 664. The molecule has 1 aromatic carbocycles. The molecule has 0 saturated heterocycles. The van der Waals surface area contributed by atoms with Gasteiger partial charge < -0.3 is 14.6 Å². The Morgan fingerprint density at radius 1 is 1.32 bits per heavy atom. The molecule has 1 aromatic rings. The van der Waals surface area contributed by atoms with Crippen LogP contribution in [-0.4, -0.2) is 42.9 Å². The number of benzene rings is 1. The molecule has 0 fully saturated rings. The highest BCUT2D eigenvalue weighted by atomic mass is 79.9. The molecule has 0 atom stereocenters. The Labute approximate surface area is 159 Å². The number of carbonyl (C=O) groups excluding carboxylic acids is 2. The van der Waals surface area contributed by atoms with Crippen LogP contribution in [0.5, 0.6) is 0 Å². The van der Waals surface area contributed by atoms with Crippen LogP contribution in [0.25, 0.3) is 0 Å². The van der Waals surface area contributed by atoms with E-state index in [4.69, 9.17) is 16.3 Å². The van der Waals surface area contributed by atoms with Crippen LogP contribution in [0.3, 0.4) is 0 Å². The standard InChI is InChI=1S/C16H19BrClNO6/c1-9(2)25-16(23)19(8-4-5-12(20)24-3)14-10(15(21)22)6-7-11(18)13(14)17/h6-7,9H,4-5,8H2,1-3H3,(H,21,22). The largest absolute Gasteiger partial charge is 0.478 e. The van der Waals surface area contributed by atoms with Gasteiger partial charge in [0.15, 0.2) is 0 Å². The summed E-state index contributed by atoms with van der Waals surface area (Å²) in [5, 5.41) is 9.67. The van der Waals surface area contributed by atoms with Crippen LogP contribution in [0.2, 0.25) is 5.02 Å². The van der Waals surface area contributed by atoms with Gasteiger partial charge in [0, 0.05) is 13.0 Å². The zero-order chi connectivity index (χ0) is 19.1. The second-order valence-electron chi connectivity index (χ2n) is 5.33. The second-order valence-corrected chi connectivity index (χ2v) is 6.53. The van der Waals surface area contributed by atoms with Crippen molar-refractivity contribution in [2.24, 2.45) is 0 Å². The lowest BCUT2D eigenvalue weighted by Gasteiger charge is -2.26. The molecule has 138 valence electrons. The number of hydrogen-bond donors (Lipinski definition) is 1. The molecule has 9 heteroatoms. The lowest BCUT2D eigenvalue weighted by Crippen LogP contribution is -2.35. The number of methoxy groups -OCH3 is 1. The van der Waals surface area contributed by atoms with Crippen molar-refractivity contribution in [2.45, 2.75) is 32.8 Å². The van der Waals surface area contributed by atoms with Crippen molar-refractivity contribution in [1.29, 1.82) is 0 Å². The van der Waals surface area contributed by atoms with Crippen LogP contribution in [0.1, 0.15) is 37.0 Å². The van der Waals surface area contributed by atoms with Gasteiger partial charge in [-0.25, -0.2) is 9.59 Å². The molecule has 1 rings (SSSR count). The molecule has 0 heterocycles. The fourth-order valence-corrected chi connectivity index (χ4v) is 2.73. The number of ether oxygens (including phenoxy) is 2. The Balaban J connectivity index is 3.26. The van der Waals surface area contributed by atoms with Gasteiger partial charge in [-0.3, -0.25) is 9.69 Å². The lowest BCUT2D eigenvalue weighted by molar-refractivity contribution is -0.140. The zero-order valence-electron chi connectivity index (χ0n) is 14.0. The molecule has 25 heavy (non-hydrogen) atoms. The van der Waals surface area contributed by atoms with Crippen LogP contribution in [0, 0.1) is 0 Å². The first-order valence-corrected chi connectivity index (χ1v) is 8.62. The van der Waals surface area contributed by atoms with E-state index in [2.05, 4.69) is 20.7 Å². The van der Waals surface area contributed by atoms with Gasteiger partial charge in [-0.2, -0.15) is 0 Å². The Kier molecular flexibility index (Phi) is 8.18. The predicted molar refractivity (Wildman–Crippen MR) is 96.3 cm³/mol. The monoisotopic (exact) mass is 435 g/mol. The molecule has 1 N–H and O–H groups in total. The van der Waals surface area contributed by atoms with Gasteiger partial charge in [0.2, 0.25) is 0 Å². The molecule has 1 amide bonds. The molecule has 0 aromatic heterocycles. The summed E-state index contributed by atoms with van der Waals surface area (Å²) in [5.74, 6) is -1.65. The summed E-state index contributed by atoms with van der Waals surface area (Å²) >= 11 is 9.29. The summed E-state index contributed by atoms with van der Waals surface area (Å²) in [7, 11) is 1.27. The number of halogens is 2. The number of amides is 1. The molecular weight excluding hydrogens is 418 g/mol. The quantitative estimate of drug-likeness (QED) is 0.647. The van der Waals surface area contributed by atoms with E-state index in [9.17, 15) is 19.5 Å². The summed E-state index contributed by atoms with van der Waals surface area (Å²) in [5.41, 5.74) is -0.0365. The SMILES string of the molecule is COC(=O)CCCN(C(=O)OC(C)C)c1c(C(=O)O)ccc(Cl)c1Br. The molecule has 0 aliphatic carbocycles. The Morgan fingerprint density at radius 2 is 1.96 bits per heavy atom. The van der Waals surface area contributed by atoms with Gasteiger partial charge in [-0.05, 0) is 48.3 Å². The Morgan fingerprint density at radius 3 is 2.48 bits per heavy atom. The van der Waals surface area contributed by atoms with E-state index < -0.39 is 24.1 Å². The highest BCUT2D eigenvalue weighted by Gasteiger charge is 2.27. The van der Waals surface area contributed by atoms with E-state index in [0.717, 1.165) is 4.90 Å². The van der Waals surface area contributed by atoms with Gasteiger partial charge in [0.25, 0.3) is 0 Å². The number of carboxylic acids is 1. The minimum atomic E-state index is -1.22. The lowest BCUT2D eigenvalue weighted by atomic mass is 10.1. The summed E-state index contributed by atoms with van der Waals surface area (Å²) in [6.45, 7) is 3.41. The molecule has 0 bridgehead atoms. The molecule has 0 unspecified atom stereocenters. The number of carbonyl (C=O) groups is 3. The van der Waals surface area contributed by atoms with Gasteiger partial charge >= 0.3 is 18.0 Å². The van der Waals surface area contributed by atoms with Crippen molar-refractivity contribution in [1.82, 2.24) is 0 Å².